The number of carbonyl (C=O) groups excluding carboxylic acids is 1. The maximum atomic E-state index is 14.3. The van der Waals surface area contributed by atoms with E-state index in [1.807, 2.05) is 38.1 Å². The van der Waals surface area contributed by atoms with Gasteiger partial charge in [-0.05, 0) is 40.7 Å². The molecule has 12 nitrogen and oxygen atoms in total. The fourth-order valence-electron chi connectivity index (χ4n) is 4.65. The van der Waals surface area contributed by atoms with E-state index in [0.717, 1.165) is 10.1 Å². The maximum Gasteiger partial charge on any atom is 0.333 e. The van der Waals surface area contributed by atoms with Gasteiger partial charge in [-0.2, -0.15) is 10.2 Å². The van der Waals surface area contributed by atoms with E-state index in [1.54, 1.807) is 35.0 Å². The zero-order valence-electron chi connectivity index (χ0n) is 24.3. The number of rotatable bonds is 12. The number of benzene rings is 1. The Bertz CT molecular complexity index is 1640. The summed E-state index contributed by atoms with van der Waals surface area (Å²) in [6, 6.07) is 7.21. The number of nitrogens with one attached hydrogen (secondary N) is 1. The zero-order chi connectivity index (χ0) is 29.9. The minimum absolute atomic E-state index is 0.0352. The van der Waals surface area contributed by atoms with E-state index < -0.39 is 28.8 Å². The molecule has 1 N–H and O–H groups in total. The van der Waals surface area contributed by atoms with Crippen LogP contribution in [0.1, 0.15) is 44.9 Å². The highest BCUT2D eigenvalue weighted by molar-refractivity contribution is 7.21. The van der Waals surface area contributed by atoms with Gasteiger partial charge in [0, 0.05) is 24.3 Å². The highest BCUT2D eigenvalue weighted by Gasteiger charge is 2.36. The van der Waals surface area contributed by atoms with Gasteiger partial charge in [-0.3, -0.25) is 14.2 Å². The van der Waals surface area contributed by atoms with Crippen molar-refractivity contribution in [1.29, 1.82) is 0 Å². The van der Waals surface area contributed by atoms with Crippen LogP contribution in [0.5, 0.6) is 5.75 Å². The van der Waals surface area contributed by atoms with Crippen molar-refractivity contribution in [3.8, 4) is 10.8 Å². The smallest absolute Gasteiger partial charge is 0.333 e. The lowest BCUT2D eigenvalue weighted by molar-refractivity contribution is -0.129. The molecular weight excluding hydrogens is 548 g/mol. The number of carbonyl (C=O) groups is 1. The Kier molecular flexibility index (Phi) is 9.10. The Morgan fingerprint density at radius 2 is 1.78 bits per heavy atom. The molecule has 0 unspecified atom stereocenters. The molecule has 41 heavy (non-hydrogen) atoms. The standard InChI is InChI=1S/C28H36N6O6S/c1-17(2)31-26(36)28(4,5)33-23(35)22-18(3)24(34-29-12-13-30-34)41-25(22)32(27(33)37)16-21(40-15-14-38-6)19-10-8-9-11-20(19)39-7/h8-13,17,21H,14-16H2,1-7H3,(H,31,36)/t21-/m0/s1. The van der Waals surface area contributed by atoms with Gasteiger partial charge in [-0.15, -0.1) is 4.80 Å². The maximum absolute atomic E-state index is 14.3. The third-order valence-electron chi connectivity index (χ3n) is 6.76. The van der Waals surface area contributed by atoms with Gasteiger partial charge in [0.1, 0.15) is 27.2 Å². The van der Waals surface area contributed by atoms with Crippen LogP contribution in [0, 0.1) is 6.92 Å². The number of para-hydroxylation sites is 1. The number of hydrogen-bond donors (Lipinski definition) is 1. The van der Waals surface area contributed by atoms with E-state index in [1.165, 1.54) is 33.1 Å². The van der Waals surface area contributed by atoms with Crippen molar-refractivity contribution in [2.24, 2.45) is 0 Å². The van der Waals surface area contributed by atoms with E-state index in [9.17, 15) is 14.4 Å². The summed E-state index contributed by atoms with van der Waals surface area (Å²) in [7, 11) is 3.15. The molecule has 1 aromatic carbocycles. The molecule has 0 radical (unpaired) electrons. The quantitative estimate of drug-likeness (QED) is 0.252. The third kappa shape index (κ3) is 5.83. The van der Waals surface area contributed by atoms with E-state index in [4.69, 9.17) is 14.2 Å². The normalized spacial score (nSPS) is 12.7. The predicted molar refractivity (Wildman–Crippen MR) is 156 cm³/mol. The number of hydrogen-bond acceptors (Lipinski definition) is 9. The van der Waals surface area contributed by atoms with Gasteiger partial charge in [-0.25, -0.2) is 9.36 Å². The molecule has 4 aromatic rings. The Balaban J connectivity index is 2.01. The van der Waals surface area contributed by atoms with Crippen LogP contribution in [0.15, 0.2) is 46.2 Å². The summed E-state index contributed by atoms with van der Waals surface area (Å²) in [5, 5.41) is 12.2. The van der Waals surface area contributed by atoms with Crippen molar-refractivity contribution >= 4 is 27.5 Å². The summed E-state index contributed by atoms with van der Waals surface area (Å²) >= 11 is 1.23. The first-order valence-corrected chi connectivity index (χ1v) is 14.0. The molecule has 0 saturated heterocycles. The lowest BCUT2D eigenvalue weighted by atomic mass is 10.0. The lowest BCUT2D eigenvalue weighted by Gasteiger charge is -2.28. The highest BCUT2D eigenvalue weighted by atomic mass is 32.1. The number of aromatic nitrogens is 5. The van der Waals surface area contributed by atoms with Gasteiger partial charge in [0.25, 0.3) is 5.56 Å². The molecule has 0 spiro atoms. The molecule has 0 saturated carbocycles. The second kappa shape index (κ2) is 12.4. The zero-order valence-corrected chi connectivity index (χ0v) is 25.2. The highest BCUT2D eigenvalue weighted by Crippen LogP contribution is 2.34. The summed E-state index contributed by atoms with van der Waals surface area (Å²) in [6.45, 7) is 9.18. The van der Waals surface area contributed by atoms with Crippen LogP contribution < -0.4 is 21.3 Å². The minimum atomic E-state index is -1.50. The van der Waals surface area contributed by atoms with Gasteiger partial charge in [0.05, 0.1) is 44.6 Å². The van der Waals surface area contributed by atoms with Crippen LogP contribution in [0.2, 0.25) is 0 Å². The molecule has 0 aliphatic carbocycles. The Morgan fingerprint density at radius 1 is 1.10 bits per heavy atom. The minimum Gasteiger partial charge on any atom is -0.496 e. The SMILES string of the molecule is COCCO[C@@H](Cn1c(=O)n(C(C)(C)C(=O)NC(C)C)c(=O)c2c(C)c(-n3nccn3)sc21)c1ccccc1OC. The van der Waals surface area contributed by atoms with Crippen LogP contribution >= 0.6 is 11.3 Å². The van der Waals surface area contributed by atoms with Gasteiger partial charge >= 0.3 is 5.69 Å². The number of nitrogens with zero attached hydrogens (tertiary/aromatic N) is 5. The third-order valence-corrected chi connectivity index (χ3v) is 8.04. The summed E-state index contributed by atoms with van der Waals surface area (Å²) in [4.78, 5) is 43.5. The van der Waals surface area contributed by atoms with Crippen molar-refractivity contribution in [2.75, 3.05) is 27.4 Å². The number of amides is 1. The summed E-state index contributed by atoms with van der Waals surface area (Å²) in [5.41, 5.74) is -1.37. The largest absolute Gasteiger partial charge is 0.496 e. The molecular formula is C28H36N6O6S. The number of fused-ring (bicyclic) bond motifs is 1. The molecule has 0 aliphatic rings. The van der Waals surface area contributed by atoms with E-state index in [2.05, 4.69) is 15.5 Å². The molecule has 13 heteroatoms. The molecule has 0 fully saturated rings. The van der Waals surface area contributed by atoms with Crippen molar-refractivity contribution in [3.63, 3.8) is 0 Å². The molecule has 3 aromatic heterocycles. The average molecular weight is 585 g/mol. The summed E-state index contributed by atoms with van der Waals surface area (Å²) < 4.78 is 19.6. The Labute approximate surface area is 241 Å². The molecule has 1 amide bonds. The first-order valence-electron chi connectivity index (χ1n) is 13.2. The monoisotopic (exact) mass is 584 g/mol. The Morgan fingerprint density at radius 3 is 2.41 bits per heavy atom. The van der Waals surface area contributed by atoms with Gasteiger partial charge in [0.15, 0.2) is 0 Å². The fourth-order valence-corrected chi connectivity index (χ4v) is 5.87. The van der Waals surface area contributed by atoms with Crippen molar-refractivity contribution < 1.29 is 19.0 Å². The van der Waals surface area contributed by atoms with Crippen LogP contribution in [0.25, 0.3) is 15.2 Å². The molecule has 0 aliphatic heterocycles. The van der Waals surface area contributed by atoms with Gasteiger partial charge in [0.2, 0.25) is 5.91 Å². The topological polar surface area (TPSA) is 132 Å². The average Bonchev–Trinajstić information content (AvgIpc) is 3.58. The van der Waals surface area contributed by atoms with Crippen LogP contribution in [0.4, 0.5) is 0 Å². The number of methoxy groups -OCH3 is 2. The molecule has 4 rings (SSSR count). The van der Waals surface area contributed by atoms with E-state index >= 15 is 0 Å². The van der Waals surface area contributed by atoms with E-state index in [0.29, 0.717) is 33.1 Å². The van der Waals surface area contributed by atoms with Gasteiger partial charge in [-0.1, -0.05) is 29.5 Å². The molecule has 1 atom stereocenters. The Hall–Kier alpha value is -3.81. The van der Waals surface area contributed by atoms with Crippen molar-refractivity contribution in [3.05, 3.63) is 68.6 Å². The summed E-state index contributed by atoms with van der Waals surface area (Å²) in [5.74, 6) is 0.144. The van der Waals surface area contributed by atoms with Crippen molar-refractivity contribution in [2.45, 2.75) is 58.8 Å². The first kappa shape index (κ1) is 30.2. The number of ether oxygens (including phenoxy) is 3. The van der Waals surface area contributed by atoms with Crippen molar-refractivity contribution in [1.82, 2.24) is 29.4 Å². The van der Waals surface area contributed by atoms with Gasteiger partial charge < -0.3 is 19.5 Å². The second-order valence-corrected chi connectivity index (χ2v) is 11.3. The van der Waals surface area contributed by atoms with E-state index in [-0.39, 0.29) is 19.2 Å². The summed E-state index contributed by atoms with van der Waals surface area (Å²) in [6.07, 6.45) is 2.43. The molecule has 3 heterocycles. The molecule has 220 valence electrons. The number of thiophene rings is 1. The molecule has 0 bridgehead atoms. The lowest BCUT2D eigenvalue weighted by Crippen LogP contribution is -2.56. The van der Waals surface area contributed by atoms with Crippen LogP contribution in [0.3, 0.4) is 0 Å². The van der Waals surface area contributed by atoms with Crippen LogP contribution in [-0.4, -0.2) is 63.5 Å². The fraction of sp³-hybridized carbons (Fsp3) is 0.464. The van der Waals surface area contributed by atoms with Crippen LogP contribution in [-0.2, 0) is 26.4 Å². The number of aryl methyl sites for hydroxylation is 1. The second-order valence-electron chi connectivity index (χ2n) is 10.3. The predicted octanol–water partition coefficient (Wildman–Crippen LogP) is 2.79. The first-order chi connectivity index (χ1) is 19.5.